The number of aliphatic hydroxyl groups excluding tert-OH is 1. The fourth-order valence-corrected chi connectivity index (χ4v) is 3.58. The van der Waals surface area contributed by atoms with Crippen LogP contribution < -0.4 is 0 Å². The van der Waals surface area contributed by atoms with E-state index in [1.165, 1.54) is 19.1 Å². The quantitative estimate of drug-likeness (QED) is 0.866. The second-order valence-corrected chi connectivity index (χ2v) is 6.22. The maximum atomic E-state index is 13.9. The summed E-state index contributed by atoms with van der Waals surface area (Å²) in [5.41, 5.74) is 3.96. The van der Waals surface area contributed by atoms with Gasteiger partial charge in [0.2, 0.25) is 0 Å². The molecule has 2 aromatic carbocycles. The van der Waals surface area contributed by atoms with E-state index in [0.717, 1.165) is 22.3 Å². The molecule has 0 saturated heterocycles. The largest absolute Gasteiger partial charge is 0.457 e. The Balaban J connectivity index is 2.16. The number of fused-ring (bicyclic) bond motifs is 2. The van der Waals surface area contributed by atoms with E-state index in [-0.39, 0.29) is 24.3 Å². The molecule has 1 N–H and O–H groups in total. The molecule has 0 radical (unpaired) electrons. The number of benzene rings is 2. The molecule has 24 heavy (non-hydrogen) atoms. The first-order valence-corrected chi connectivity index (χ1v) is 8.24. The standard InChI is InChI=1S/C20H21FO3/c1-13(23)24-20-18(7-4-10-22)17-6-3-2-5-14(17)11-15-8-9-16(21)12-19(15)20/h2-3,5-6,8-9,12,18,20,22H,4,7,10-11H2,1H3/t18-,20-/m1/s1. The molecule has 0 aliphatic heterocycles. The molecule has 2 aromatic rings. The molecular weight excluding hydrogens is 307 g/mol. The van der Waals surface area contributed by atoms with Gasteiger partial charge in [-0.25, -0.2) is 4.39 Å². The number of hydrogen-bond donors (Lipinski definition) is 1. The zero-order valence-corrected chi connectivity index (χ0v) is 13.7. The maximum absolute atomic E-state index is 13.9. The highest BCUT2D eigenvalue weighted by Crippen LogP contribution is 2.44. The van der Waals surface area contributed by atoms with E-state index in [4.69, 9.17) is 4.74 Å². The number of rotatable bonds is 4. The van der Waals surface area contributed by atoms with Gasteiger partial charge in [-0.2, -0.15) is 0 Å². The summed E-state index contributed by atoms with van der Waals surface area (Å²) >= 11 is 0. The summed E-state index contributed by atoms with van der Waals surface area (Å²) in [7, 11) is 0. The second kappa shape index (κ2) is 7.14. The summed E-state index contributed by atoms with van der Waals surface area (Å²) in [6, 6.07) is 12.7. The average Bonchev–Trinajstić information content (AvgIpc) is 2.68. The number of halogens is 1. The van der Waals surface area contributed by atoms with Crippen molar-refractivity contribution in [1.82, 2.24) is 0 Å². The van der Waals surface area contributed by atoms with Gasteiger partial charge in [-0.3, -0.25) is 4.79 Å². The van der Waals surface area contributed by atoms with Gasteiger partial charge in [0.25, 0.3) is 0 Å². The van der Waals surface area contributed by atoms with Crippen LogP contribution in [0.2, 0.25) is 0 Å². The first-order valence-electron chi connectivity index (χ1n) is 8.24. The van der Waals surface area contributed by atoms with E-state index < -0.39 is 6.10 Å². The van der Waals surface area contributed by atoms with Crippen molar-refractivity contribution in [1.29, 1.82) is 0 Å². The Hall–Kier alpha value is -2.20. The van der Waals surface area contributed by atoms with E-state index in [2.05, 4.69) is 6.07 Å². The van der Waals surface area contributed by atoms with E-state index in [1.54, 1.807) is 6.07 Å². The third kappa shape index (κ3) is 3.34. The van der Waals surface area contributed by atoms with Crippen molar-refractivity contribution >= 4 is 5.97 Å². The van der Waals surface area contributed by atoms with Gasteiger partial charge in [-0.1, -0.05) is 30.3 Å². The molecule has 0 saturated carbocycles. The molecule has 0 heterocycles. The Morgan fingerprint density at radius 3 is 2.71 bits per heavy atom. The highest BCUT2D eigenvalue weighted by molar-refractivity contribution is 5.66. The zero-order valence-electron chi connectivity index (χ0n) is 13.7. The molecule has 0 bridgehead atoms. The number of esters is 1. The van der Waals surface area contributed by atoms with Crippen LogP contribution in [0.5, 0.6) is 0 Å². The van der Waals surface area contributed by atoms with Crippen LogP contribution in [0.4, 0.5) is 4.39 Å². The number of hydrogen-bond acceptors (Lipinski definition) is 3. The predicted octanol–water partition coefficient (Wildman–Crippen LogP) is 3.89. The Labute approximate surface area is 141 Å². The number of carbonyl (C=O) groups excluding carboxylic acids is 1. The van der Waals surface area contributed by atoms with Crippen molar-refractivity contribution in [3.05, 3.63) is 70.5 Å². The first kappa shape index (κ1) is 16.7. The lowest BCUT2D eigenvalue weighted by Gasteiger charge is -2.27. The summed E-state index contributed by atoms with van der Waals surface area (Å²) in [5, 5.41) is 9.25. The monoisotopic (exact) mass is 328 g/mol. The molecule has 2 atom stereocenters. The van der Waals surface area contributed by atoms with Crippen LogP contribution in [0.3, 0.4) is 0 Å². The lowest BCUT2D eigenvalue weighted by atomic mass is 9.85. The molecular formula is C20H21FO3. The van der Waals surface area contributed by atoms with Gasteiger partial charge in [0.1, 0.15) is 11.9 Å². The molecule has 0 amide bonds. The minimum atomic E-state index is -0.539. The SMILES string of the molecule is CC(=O)O[C@H]1c2cc(F)ccc2Cc2ccccc2[C@H]1CCCO. The molecule has 3 rings (SSSR count). The van der Waals surface area contributed by atoms with Gasteiger partial charge >= 0.3 is 5.97 Å². The third-order valence-electron chi connectivity index (χ3n) is 4.58. The van der Waals surface area contributed by atoms with Crippen LogP contribution in [-0.2, 0) is 16.0 Å². The minimum absolute atomic E-state index is 0.0709. The summed E-state index contributed by atoms with van der Waals surface area (Å²) in [5.74, 6) is -0.818. The minimum Gasteiger partial charge on any atom is -0.457 e. The van der Waals surface area contributed by atoms with Crippen molar-refractivity contribution in [2.45, 2.75) is 38.2 Å². The summed E-state index contributed by atoms with van der Waals surface area (Å²) in [6.07, 6.45) is 1.41. The number of ether oxygens (including phenoxy) is 1. The van der Waals surface area contributed by atoms with E-state index in [1.807, 2.05) is 18.2 Å². The number of carbonyl (C=O) groups is 1. The summed E-state index contributed by atoms with van der Waals surface area (Å²) < 4.78 is 19.5. The van der Waals surface area contributed by atoms with Gasteiger partial charge in [-0.15, -0.1) is 0 Å². The van der Waals surface area contributed by atoms with Gasteiger partial charge in [0, 0.05) is 19.4 Å². The Morgan fingerprint density at radius 2 is 1.96 bits per heavy atom. The maximum Gasteiger partial charge on any atom is 0.303 e. The fraction of sp³-hybridized carbons (Fsp3) is 0.350. The first-order chi connectivity index (χ1) is 11.6. The van der Waals surface area contributed by atoms with E-state index >= 15 is 0 Å². The van der Waals surface area contributed by atoms with Gasteiger partial charge in [0.15, 0.2) is 0 Å². The normalized spacial score (nSPS) is 19.1. The molecule has 3 nitrogen and oxygen atoms in total. The summed E-state index contributed by atoms with van der Waals surface area (Å²) in [6.45, 7) is 1.44. The molecule has 0 fully saturated rings. The highest BCUT2D eigenvalue weighted by atomic mass is 19.1. The van der Waals surface area contributed by atoms with Crippen molar-refractivity contribution in [2.24, 2.45) is 0 Å². The van der Waals surface area contributed by atoms with Crippen molar-refractivity contribution in [3.8, 4) is 0 Å². The fourth-order valence-electron chi connectivity index (χ4n) is 3.58. The molecule has 126 valence electrons. The Morgan fingerprint density at radius 1 is 1.21 bits per heavy atom. The average molecular weight is 328 g/mol. The molecule has 0 aromatic heterocycles. The Kier molecular flexibility index (Phi) is 4.95. The van der Waals surface area contributed by atoms with Crippen LogP contribution in [0.1, 0.15) is 54.0 Å². The van der Waals surface area contributed by atoms with Gasteiger partial charge in [-0.05, 0) is 53.6 Å². The van der Waals surface area contributed by atoms with Crippen LogP contribution in [-0.4, -0.2) is 17.7 Å². The van der Waals surface area contributed by atoms with Crippen LogP contribution in [0, 0.1) is 5.82 Å². The van der Waals surface area contributed by atoms with Crippen molar-refractivity contribution in [3.63, 3.8) is 0 Å². The van der Waals surface area contributed by atoms with E-state index in [0.29, 0.717) is 19.3 Å². The predicted molar refractivity (Wildman–Crippen MR) is 89.2 cm³/mol. The topological polar surface area (TPSA) is 46.5 Å². The molecule has 0 spiro atoms. The molecule has 4 heteroatoms. The zero-order chi connectivity index (χ0) is 17.1. The lowest BCUT2D eigenvalue weighted by molar-refractivity contribution is -0.148. The van der Waals surface area contributed by atoms with Gasteiger partial charge in [0.05, 0.1) is 0 Å². The Bertz CT molecular complexity index is 741. The molecule has 1 aliphatic rings. The second-order valence-electron chi connectivity index (χ2n) is 6.22. The van der Waals surface area contributed by atoms with Crippen LogP contribution >= 0.6 is 0 Å². The van der Waals surface area contributed by atoms with Gasteiger partial charge < -0.3 is 9.84 Å². The molecule has 1 aliphatic carbocycles. The number of aliphatic hydroxyl groups is 1. The van der Waals surface area contributed by atoms with Crippen molar-refractivity contribution < 1.29 is 19.0 Å². The molecule has 0 unspecified atom stereocenters. The van der Waals surface area contributed by atoms with Crippen LogP contribution in [0.25, 0.3) is 0 Å². The third-order valence-corrected chi connectivity index (χ3v) is 4.58. The van der Waals surface area contributed by atoms with Crippen LogP contribution in [0.15, 0.2) is 42.5 Å². The summed E-state index contributed by atoms with van der Waals surface area (Å²) in [4.78, 5) is 11.7. The highest BCUT2D eigenvalue weighted by Gasteiger charge is 2.33. The van der Waals surface area contributed by atoms with Crippen molar-refractivity contribution in [2.75, 3.05) is 6.61 Å². The smallest absolute Gasteiger partial charge is 0.303 e. The lowest BCUT2D eigenvalue weighted by Crippen LogP contribution is -2.18. The van der Waals surface area contributed by atoms with E-state index in [9.17, 15) is 14.3 Å².